The van der Waals surface area contributed by atoms with E-state index in [0.29, 0.717) is 19.6 Å². The van der Waals surface area contributed by atoms with E-state index in [-0.39, 0.29) is 12.1 Å². The lowest BCUT2D eigenvalue weighted by Crippen LogP contribution is -2.34. The van der Waals surface area contributed by atoms with Gasteiger partial charge in [-0.05, 0) is 6.07 Å². The number of carbonyl (C=O) groups is 1. The van der Waals surface area contributed by atoms with E-state index in [1.807, 2.05) is 24.4 Å². The summed E-state index contributed by atoms with van der Waals surface area (Å²) in [5.41, 5.74) is 7.82. The number of para-hydroxylation sites is 1. The highest BCUT2D eigenvalue weighted by molar-refractivity contribution is 5.85. The van der Waals surface area contributed by atoms with Crippen LogP contribution in [0.1, 0.15) is 11.6 Å². The van der Waals surface area contributed by atoms with Crippen LogP contribution in [0, 0.1) is 0 Å². The van der Waals surface area contributed by atoms with Crippen molar-refractivity contribution in [1.82, 2.24) is 15.2 Å². The third-order valence-corrected chi connectivity index (χ3v) is 3.43. The molecule has 1 unspecified atom stereocenters. The van der Waals surface area contributed by atoms with Crippen molar-refractivity contribution in [3.63, 3.8) is 0 Å². The first kappa shape index (κ1) is 11.1. The van der Waals surface area contributed by atoms with Gasteiger partial charge in [-0.1, -0.05) is 18.2 Å². The Morgan fingerprint density at radius 2 is 2.22 bits per heavy atom. The molecular weight excluding hydrogens is 228 g/mol. The molecule has 0 spiro atoms. The van der Waals surface area contributed by atoms with Crippen molar-refractivity contribution in [2.75, 3.05) is 19.6 Å². The molecule has 0 saturated carbocycles. The van der Waals surface area contributed by atoms with Gasteiger partial charge in [0, 0.05) is 42.3 Å². The van der Waals surface area contributed by atoms with E-state index in [0.717, 1.165) is 11.1 Å². The Morgan fingerprint density at radius 3 is 3.06 bits per heavy atom. The summed E-state index contributed by atoms with van der Waals surface area (Å²) >= 11 is 0. The van der Waals surface area contributed by atoms with E-state index in [2.05, 4.69) is 16.4 Å². The number of nitrogens with two attached hydrogens (primary N) is 1. The summed E-state index contributed by atoms with van der Waals surface area (Å²) in [5, 5.41) is 4.04. The maximum Gasteiger partial charge on any atom is 0.318 e. The molecule has 1 aliphatic rings. The number of hydrogen-bond acceptors (Lipinski definition) is 2. The number of rotatable bonds is 3. The number of urea groups is 1. The average molecular weight is 244 g/mol. The third kappa shape index (κ3) is 1.64. The van der Waals surface area contributed by atoms with Crippen LogP contribution in [0.2, 0.25) is 0 Å². The minimum Gasteiger partial charge on any atom is -0.361 e. The number of aromatic amines is 1. The van der Waals surface area contributed by atoms with Crippen molar-refractivity contribution in [3.05, 3.63) is 36.0 Å². The number of amides is 2. The SMILES string of the molecule is NCCN1C(=O)NCC1c1c[nH]c2ccccc12. The number of nitrogens with one attached hydrogen (secondary N) is 2. The fourth-order valence-electron chi connectivity index (χ4n) is 2.58. The molecule has 94 valence electrons. The zero-order chi connectivity index (χ0) is 12.5. The standard InChI is InChI=1S/C13H16N4O/c14-5-6-17-12(8-16-13(17)18)10-7-15-11-4-2-1-3-9(10)11/h1-4,7,12,15H,5-6,8,14H2,(H,16,18). The van der Waals surface area contributed by atoms with Crippen molar-refractivity contribution in [2.45, 2.75) is 6.04 Å². The molecule has 1 aromatic carbocycles. The normalized spacial score (nSPS) is 19.5. The summed E-state index contributed by atoms with van der Waals surface area (Å²) in [5.74, 6) is 0. The molecule has 18 heavy (non-hydrogen) atoms. The molecule has 1 aliphatic heterocycles. The van der Waals surface area contributed by atoms with E-state index in [4.69, 9.17) is 5.73 Å². The highest BCUT2D eigenvalue weighted by Gasteiger charge is 2.32. The number of fused-ring (bicyclic) bond motifs is 1. The summed E-state index contributed by atoms with van der Waals surface area (Å²) in [4.78, 5) is 16.8. The Labute approximate surface area is 105 Å². The molecule has 0 aliphatic carbocycles. The highest BCUT2D eigenvalue weighted by Crippen LogP contribution is 2.30. The molecule has 2 aromatic rings. The largest absolute Gasteiger partial charge is 0.361 e. The zero-order valence-corrected chi connectivity index (χ0v) is 10.0. The van der Waals surface area contributed by atoms with Crippen LogP contribution in [-0.4, -0.2) is 35.5 Å². The molecule has 1 aromatic heterocycles. The maximum atomic E-state index is 11.8. The molecule has 5 heteroatoms. The van der Waals surface area contributed by atoms with Gasteiger partial charge in [0.15, 0.2) is 0 Å². The van der Waals surface area contributed by atoms with Gasteiger partial charge in [0.05, 0.1) is 6.04 Å². The Morgan fingerprint density at radius 1 is 1.39 bits per heavy atom. The quantitative estimate of drug-likeness (QED) is 0.758. The van der Waals surface area contributed by atoms with Crippen LogP contribution >= 0.6 is 0 Å². The zero-order valence-electron chi connectivity index (χ0n) is 10.0. The Bertz CT molecular complexity index is 577. The topological polar surface area (TPSA) is 74.2 Å². The summed E-state index contributed by atoms with van der Waals surface area (Å²) in [6, 6.07) is 8.16. The van der Waals surface area contributed by atoms with E-state index >= 15 is 0 Å². The molecular formula is C13H16N4O. The molecule has 4 N–H and O–H groups in total. The Balaban J connectivity index is 2.01. The van der Waals surface area contributed by atoms with Crippen LogP contribution in [0.15, 0.2) is 30.5 Å². The lowest BCUT2D eigenvalue weighted by Gasteiger charge is -2.22. The molecule has 0 radical (unpaired) electrons. The summed E-state index contributed by atoms with van der Waals surface area (Å²) in [7, 11) is 0. The minimum atomic E-state index is -0.0317. The predicted octanol–water partition coefficient (Wildman–Crippen LogP) is 1.19. The van der Waals surface area contributed by atoms with Crippen LogP contribution in [0.3, 0.4) is 0 Å². The number of benzene rings is 1. The van der Waals surface area contributed by atoms with Gasteiger partial charge in [0.2, 0.25) is 0 Å². The monoisotopic (exact) mass is 244 g/mol. The second-order valence-corrected chi connectivity index (χ2v) is 4.47. The highest BCUT2D eigenvalue weighted by atomic mass is 16.2. The van der Waals surface area contributed by atoms with Gasteiger partial charge < -0.3 is 20.9 Å². The van der Waals surface area contributed by atoms with Crippen LogP contribution in [0.25, 0.3) is 10.9 Å². The van der Waals surface area contributed by atoms with E-state index < -0.39 is 0 Å². The number of H-pyrrole nitrogens is 1. The fraction of sp³-hybridized carbons (Fsp3) is 0.308. The molecule has 1 fully saturated rings. The van der Waals surface area contributed by atoms with Gasteiger partial charge in [-0.25, -0.2) is 4.79 Å². The van der Waals surface area contributed by atoms with Gasteiger partial charge in [-0.3, -0.25) is 0 Å². The van der Waals surface area contributed by atoms with Crippen LogP contribution in [-0.2, 0) is 0 Å². The van der Waals surface area contributed by atoms with E-state index in [1.54, 1.807) is 4.90 Å². The van der Waals surface area contributed by atoms with E-state index in [9.17, 15) is 4.79 Å². The van der Waals surface area contributed by atoms with Crippen LogP contribution < -0.4 is 11.1 Å². The summed E-state index contributed by atoms with van der Waals surface area (Å²) in [6.07, 6.45) is 1.99. The number of carbonyl (C=O) groups excluding carboxylic acids is 1. The smallest absolute Gasteiger partial charge is 0.318 e. The number of hydrogen-bond donors (Lipinski definition) is 3. The van der Waals surface area contributed by atoms with Crippen molar-refractivity contribution < 1.29 is 4.79 Å². The second-order valence-electron chi connectivity index (χ2n) is 4.47. The summed E-state index contributed by atoms with van der Waals surface area (Å²) < 4.78 is 0. The maximum absolute atomic E-state index is 11.8. The molecule has 1 atom stereocenters. The molecule has 2 amide bonds. The van der Waals surface area contributed by atoms with Crippen LogP contribution in [0.5, 0.6) is 0 Å². The first-order valence-corrected chi connectivity index (χ1v) is 6.12. The molecule has 0 bridgehead atoms. The van der Waals surface area contributed by atoms with Crippen molar-refractivity contribution in [2.24, 2.45) is 5.73 Å². The molecule has 5 nitrogen and oxygen atoms in total. The number of aromatic nitrogens is 1. The molecule has 3 rings (SSSR count). The van der Waals surface area contributed by atoms with Gasteiger partial charge in [-0.15, -0.1) is 0 Å². The first-order chi connectivity index (χ1) is 8.81. The average Bonchev–Trinajstić information content (AvgIpc) is 2.95. The number of nitrogens with zero attached hydrogens (tertiary/aromatic N) is 1. The van der Waals surface area contributed by atoms with Crippen LogP contribution in [0.4, 0.5) is 4.79 Å². The van der Waals surface area contributed by atoms with Gasteiger partial charge in [0.25, 0.3) is 0 Å². The first-order valence-electron chi connectivity index (χ1n) is 6.12. The Hall–Kier alpha value is -2.01. The van der Waals surface area contributed by atoms with Gasteiger partial charge >= 0.3 is 6.03 Å². The minimum absolute atomic E-state index is 0.0317. The Kier molecular flexibility index (Phi) is 2.68. The molecule has 2 heterocycles. The molecule has 1 saturated heterocycles. The third-order valence-electron chi connectivity index (χ3n) is 3.43. The van der Waals surface area contributed by atoms with Crippen molar-refractivity contribution in [1.29, 1.82) is 0 Å². The lowest BCUT2D eigenvalue weighted by molar-refractivity contribution is 0.206. The van der Waals surface area contributed by atoms with Gasteiger partial charge in [0.1, 0.15) is 0 Å². The second kappa shape index (κ2) is 4.34. The van der Waals surface area contributed by atoms with E-state index in [1.165, 1.54) is 5.39 Å². The van der Waals surface area contributed by atoms with Crippen molar-refractivity contribution >= 4 is 16.9 Å². The fourth-order valence-corrected chi connectivity index (χ4v) is 2.58. The lowest BCUT2D eigenvalue weighted by atomic mass is 10.1. The van der Waals surface area contributed by atoms with Crippen molar-refractivity contribution in [3.8, 4) is 0 Å². The van der Waals surface area contributed by atoms with Gasteiger partial charge in [-0.2, -0.15) is 0 Å². The predicted molar refractivity (Wildman–Crippen MR) is 70.2 cm³/mol. The summed E-state index contributed by atoms with van der Waals surface area (Å²) in [6.45, 7) is 1.70.